The Bertz CT molecular complexity index is 991. The van der Waals surface area contributed by atoms with E-state index < -0.39 is 21.3 Å². The van der Waals surface area contributed by atoms with Crippen molar-refractivity contribution >= 4 is 40.1 Å². The Morgan fingerprint density at radius 3 is 2.78 bits per heavy atom. The predicted molar refractivity (Wildman–Crippen MR) is 100 cm³/mol. The first-order chi connectivity index (χ1) is 12.8. The highest BCUT2D eigenvalue weighted by Gasteiger charge is 2.81. The van der Waals surface area contributed by atoms with Gasteiger partial charge < -0.3 is 14.3 Å². The van der Waals surface area contributed by atoms with E-state index in [2.05, 4.69) is 11.6 Å². The molecule has 5 aliphatic heterocycles. The number of piperazine rings is 1. The normalized spacial score (nSPS) is 38.9. The van der Waals surface area contributed by atoms with Gasteiger partial charge >= 0.3 is 16.7 Å². The topological polar surface area (TPSA) is 63.2 Å². The van der Waals surface area contributed by atoms with E-state index in [-0.39, 0.29) is 25.0 Å². The summed E-state index contributed by atoms with van der Waals surface area (Å²) in [5.41, 5.74) is -0.170. The van der Waals surface area contributed by atoms with Crippen LogP contribution in [0.4, 0.5) is 0 Å². The molecule has 0 N–H and O–H groups in total. The highest BCUT2D eigenvalue weighted by atomic mass is 33.1. The van der Waals surface area contributed by atoms with E-state index in [1.165, 1.54) is 26.2 Å². The molecule has 1 spiro atoms. The summed E-state index contributed by atoms with van der Waals surface area (Å²) in [6, 6.07) is 4.90. The van der Waals surface area contributed by atoms with Crippen LogP contribution in [0.2, 0.25) is 0 Å². The van der Waals surface area contributed by atoms with Gasteiger partial charge in [-0.2, -0.15) is 0 Å². The van der Waals surface area contributed by atoms with Gasteiger partial charge in [0.05, 0.1) is 6.42 Å². The van der Waals surface area contributed by atoms with E-state index in [0.717, 1.165) is 5.56 Å². The van der Waals surface area contributed by atoms with E-state index in [1.54, 1.807) is 17.9 Å². The van der Waals surface area contributed by atoms with Gasteiger partial charge in [0.2, 0.25) is 11.7 Å². The molecule has 0 radical (unpaired) electrons. The molecular formula is C18H16N3O4S2+. The average Bonchev–Trinajstić information content (AvgIpc) is 3.23. The van der Waals surface area contributed by atoms with E-state index in [9.17, 15) is 9.59 Å². The van der Waals surface area contributed by atoms with E-state index >= 15 is 0 Å². The van der Waals surface area contributed by atoms with E-state index in [0.29, 0.717) is 11.5 Å². The summed E-state index contributed by atoms with van der Waals surface area (Å²) >= 11 is 0. The van der Waals surface area contributed by atoms with Gasteiger partial charge in [-0.25, -0.2) is 11.4 Å². The van der Waals surface area contributed by atoms with Gasteiger partial charge in [-0.3, -0.25) is 9.69 Å². The Labute approximate surface area is 163 Å². The summed E-state index contributed by atoms with van der Waals surface area (Å²) in [5.74, 6) is 0.829. The van der Waals surface area contributed by atoms with Crippen molar-refractivity contribution in [3.05, 3.63) is 35.2 Å². The molecule has 5 heterocycles. The van der Waals surface area contributed by atoms with Crippen LogP contribution in [-0.2, 0) is 9.59 Å². The van der Waals surface area contributed by atoms with Crippen molar-refractivity contribution in [3.8, 4) is 11.5 Å². The van der Waals surface area contributed by atoms with Crippen molar-refractivity contribution in [2.24, 2.45) is 0 Å². The molecule has 4 fully saturated rings. The number of hydrogen-bond acceptors (Lipinski definition) is 6. The molecule has 1 aromatic rings. The molecule has 0 saturated carbocycles. The molecule has 0 aromatic heterocycles. The second-order valence-electron chi connectivity index (χ2n) is 7.50. The van der Waals surface area contributed by atoms with Crippen LogP contribution in [0.15, 0.2) is 18.2 Å². The largest absolute Gasteiger partial charge is 0.454 e. The van der Waals surface area contributed by atoms with Crippen molar-refractivity contribution in [2.75, 3.05) is 6.79 Å². The van der Waals surface area contributed by atoms with Crippen molar-refractivity contribution in [1.29, 1.82) is 0 Å². The molecule has 1 unspecified atom stereocenters. The lowest BCUT2D eigenvalue weighted by Crippen LogP contribution is -2.71. The Morgan fingerprint density at radius 1 is 1.30 bits per heavy atom. The molecule has 9 heteroatoms. The zero-order chi connectivity index (χ0) is 19.2. The van der Waals surface area contributed by atoms with E-state index in [1.807, 2.05) is 19.1 Å². The standard InChI is InChI=1S/C18H16N3O4S2/c1-16(19-3)8-18-15(23)20(4)17(2,26-27-18)14(22)21(18)13(16)10-5-6-11-12(7-10)25-9-24-11/h5-7,13H,4,8-9H2,1-2H3/q+1/t13-,16-,17?,18-/m0/s1. The van der Waals surface area contributed by atoms with Crippen molar-refractivity contribution < 1.29 is 23.6 Å². The summed E-state index contributed by atoms with van der Waals surface area (Å²) in [5, 5.41) is 0. The lowest BCUT2D eigenvalue weighted by atomic mass is 9.87. The maximum atomic E-state index is 13.5. The van der Waals surface area contributed by atoms with Crippen molar-refractivity contribution in [2.45, 2.75) is 41.6 Å². The quantitative estimate of drug-likeness (QED) is 0.408. The van der Waals surface area contributed by atoms with Gasteiger partial charge in [-0.05, 0) is 39.3 Å². The number of nitrogens with zero attached hydrogens (tertiary/aromatic N) is 3. The second kappa shape index (κ2) is 5.00. The van der Waals surface area contributed by atoms with Gasteiger partial charge in [-0.15, -0.1) is 4.58 Å². The molecule has 1 aromatic carbocycles. The Morgan fingerprint density at radius 2 is 2.04 bits per heavy atom. The lowest BCUT2D eigenvalue weighted by Gasteiger charge is -2.48. The zero-order valence-electron chi connectivity index (χ0n) is 14.7. The summed E-state index contributed by atoms with van der Waals surface area (Å²) < 4.78 is 12.2. The average molecular weight is 402 g/mol. The molecule has 0 aliphatic carbocycles. The van der Waals surface area contributed by atoms with Crippen LogP contribution in [0.3, 0.4) is 0 Å². The highest BCUT2D eigenvalue weighted by Crippen LogP contribution is 2.67. The number of rotatable bonds is 1. The highest BCUT2D eigenvalue weighted by molar-refractivity contribution is 8.78. The van der Waals surface area contributed by atoms with Crippen LogP contribution in [0.25, 0.3) is 4.85 Å². The number of carbonyl (C=O) groups is 2. The molecule has 4 saturated heterocycles. The molecule has 5 aliphatic rings. The Hall–Kier alpha value is -2.18. The maximum absolute atomic E-state index is 13.5. The molecule has 7 nitrogen and oxygen atoms in total. The fourth-order valence-electron chi connectivity index (χ4n) is 4.39. The Kier molecular flexibility index (Phi) is 3.14. The first-order valence-electron chi connectivity index (χ1n) is 8.41. The lowest BCUT2D eigenvalue weighted by molar-refractivity contribution is -0.491. The molecular weight excluding hydrogens is 386 g/mol. The number of benzene rings is 1. The maximum Gasteiger partial charge on any atom is 0.425 e. The van der Waals surface area contributed by atoms with Crippen LogP contribution in [-0.4, -0.2) is 50.1 Å². The van der Waals surface area contributed by atoms with Crippen LogP contribution in [0, 0.1) is 6.57 Å². The number of carbonyl (C=O) groups excluding carboxylic acids is 2. The number of amides is 2. The monoisotopic (exact) mass is 402 g/mol. The summed E-state index contributed by atoms with van der Waals surface area (Å²) in [4.78, 5) is 30.0. The van der Waals surface area contributed by atoms with Crippen LogP contribution in [0.5, 0.6) is 11.5 Å². The molecule has 2 amide bonds. The molecule has 6 rings (SSSR count). The fraction of sp³-hybridized carbons (Fsp3) is 0.444. The van der Waals surface area contributed by atoms with Crippen LogP contribution < -0.4 is 9.47 Å². The van der Waals surface area contributed by atoms with E-state index in [4.69, 9.17) is 16.0 Å². The molecule has 27 heavy (non-hydrogen) atoms. The number of ether oxygens (including phenoxy) is 2. The summed E-state index contributed by atoms with van der Waals surface area (Å²) in [7, 11) is 2.73. The predicted octanol–water partition coefficient (Wildman–Crippen LogP) is 2.43. The fourth-order valence-corrected chi connectivity index (χ4v) is 7.84. The molecule has 4 atom stereocenters. The Balaban J connectivity index is 1.72. The van der Waals surface area contributed by atoms with Crippen LogP contribution >= 0.6 is 21.6 Å². The first-order valence-corrected chi connectivity index (χ1v) is 10.6. The minimum absolute atomic E-state index is 0.148. The van der Waals surface area contributed by atoms with Gasteiger partial charge in [0.15, 0.2) is 11.5 Å². The van der Waals surface area contributed by atoms with Gasteiger partial charge in [-0.1, -0.05) is 6.07 Å². The molecule has 138 valence electrons. The van der Waals surface area contributed by atoms with Crippen molar-refractivity contribution in [3.63, 3.8) is 0 Å². The number of fused-ring (bicyclic) bond motifs is 3. The smallest absolute Gasteiger partial charge is 0.425 e. The number of hydrogen-bond donors (Lipinski definition) is 0. The van der Waals surface area contributed by atoms with Crippen molar-refractivity contribution in [1.82, 2.24) is 4.90 Å². The van der Waals surface area contributed by atoms with Crippen LogP contribution in [0.1, 0.15) is 31.9 Å². The second-order valence-corrected chi connectivity index (χ2v) is 10.3. The third kappa shape index (κ3) is 1.83. The minimum Gasteiger partial charge on any atom is -0.454 e. The third-order valence-electron chi connectivity index (χ3n) is 5.85. The summed E-state index contributed by atoms with van der Waals surface area (Å²) in [6.07, 6.45) is 0.257. The third-order valence-corrected chi connectivity index (χ3v) is 9.50. The van der Waals surface area contributed by atoms with Gasteiger partial charge in [0, 0.05) is 13.8 Å². The van der Waals surface area contributed by atoms with Gasteiger partial charge in [0.25, 0.3) is 5.54 Å². The first kappa shape index (κ1) is 17.0. The van der Waals surface area contributed by atoms with Gasteiger partial charge in [0.1, 0.15) is 12.8 Å². The molecule has 2 bridgehead atoms. The SMILES string of the molecule is [C-]#[N+][C@@]1(C)C[C@@]23SSC(C)(C(=O)N2[C@H]1c1ccc2c(c1)OCO2)[N+](=C)C3=O. The zero-order valence-corrected chi connectivity index (χ0v) is 16.4. The summed E-state index contributed by atoms with van der Waals surface area (Å²) in [6.45, 7) is 15.4. The minimum atomic E-state index is -1.11.